The first kappa shape index (κ1) is 16.6. The number of nitro groups is 1. The Morgan fingerprint density at radius 3 is 2.17 bits per heavy atom. The molecule has 0 spiro atoms. The maximum atomic E-state index is 13.5. The summed E-state index contributed by atoms with van der Waals surface area (Å²) >= 11 is 1.17. The number of rotatable bonds is 2. The quantitative estimate of drug-likeness (QED) is 0.373. The molecule has 142 valence electrons. The van der Waals surface area contributed by atoms with Crippen LogP contribution >= 0.6 is 11.3 Å². The number of hydrogen-bond donors (Lipinski definition) is 0. The third-order valence-corrected chi connectivity index (χ3v) is 7.23. The van der Waals surface area contributed by atoms with Crippen molar-refractivity contribution in [2.24, 2.45) is 11.8 Å². The summed E-state index contributed by atoms with van der Waals surface area (Å²) in [4.78, 5) is 44.6. The van der Waals surface area contributed by atoms with E-state index < -0.39 is 35.1 Å². The monoisotopic (exact) mass is 403 g/mol. The molecule has 4 aliphatic rings. The maximum absolute atomic E-state index is 13.5. The molecule has 3 aliphatic carbocycles. The average molecular weight is 403 g/mol. The fourth-order valence-electron chi connectivity index (χ4n) is 5.56. The summed E-state index contributed by atoms with van der Waals surface area (Å²) in [6, 6.07) is 14.3. The van der Waals surface area contributed by atoms with Gasteiger partial charge in [0.05, 0.1) is 5.92 Å². The number of amides is 2. The summed E-state index contributed by atoms with van der Waals surface area (Å²) in [6.45, 7) is 0. The van der Waals surface area contributed by atoms with Crippen LogP contribution in [0.4, 0.5) is 5.13 Å². The molecule has 0 saturated carbocycles. The van der Waals surface area contributed by atoms with Crippen molar-refractivity contribution in [1.29, 1.82) is 0 Å². The van der Waals surface area contributed by atoms with Crippen molar-refractivity contribution < 1.29 is 14.5 Å². The number of aromatic nitrogens is 1. The minimum atomic E-state index is -1.79. The summed E-state index contributed by atoms with van der Waals surface area (Å²) in [6.07, 6.45) is 1.52. The first-order chi connectivity index (χ1) is 14.1. The molecule has 29 heavy (non-hydrogen) atoms. The van der Waals surface area contributed by atoms with E-state index in [1.165, 1.54) is 17.5 Å². The number of carbonyl (C=O) groups excluding carboxylic acids is 2. The summed E-state index contributed by atoms with van der Waals surface area (Å²) in [5, 5.41) is 14.7. The molecule has 0 unspecified atom stereocenters. The van der Waals surface area contributed by atoms with E-state index in [4.69, 9.17) is 0 Å². The summed E-state index contributed by atoms with van der Waals surface area (Å²) in [5.41, 5.74) is 0.748. The largest absolute Gasteiger partial charge is 0.285 e. The SMILES string of the molecule is O=C1[C@@H]2C3c4ccccc4C([N+](=O)[O-])(c4ccccc43)[C@H]2C(=O)N1c1nccs1. The van der Waals surface area contributed by atoms with Crippen LogP contribution in [0.3, 0.4) is 0 Å². The molecule has 1 saturated heterocycles. The molecule has 2 aromatic carbocycles. The van der Waals surface area contributed by atoms with Crippen molar-refractivity contribution in [2.75, 3.05) is 4.90 Å². The molecular weight excluding hydrogens is 390 g/mol. The van der Waals surface area contributed by atoms with Gasteiger partial charge in [-0.25, -0.2) is 9.88 Å². The number of nitrogens with zero attached hydrogens (tertiary/aromatic N) is 3. The van der Waals surface area contributed by atoms with E-state index in [1.54, 1.807) is 29.6 Å². The number of hydrogen-bond acceptors (Lipinski definition) is 6. The van der Waals surface area contributed by atoms with Gasteiger partial charge in [0.2, 0.25) is 11.8 Å². The Balaban J connectivity index is 1.72. The van der Waals surface area contributed by atoms with Gasteiger partial charge in [0.25, 0.3) is 5.54 Å². The number of imide groups is 1. The lowest BCUT2D eigenvalue weighted by molar-refractivity contribution is -0.578. The highest BCUT2D eigenvalue weighted by molar-refractivity contribution is 7.14. The maximum Gasteiger partial charge on any atom is 0.285 e. The van der Waals surface area contributed by atoms with Gasteiger partial charge in [0.1, 0.15) is 5.92 Å². The van der Waals surface area contributed by atoms with Gasteiger partial charge in [0.15, 0.2) is 5.13 Å². The summed E-state index contributed by atoms with van der Waals surface area (Å²) in [7, 11) is 0. The van der Waals surface area contributed by atoms with E-state index in [9.17, 15) is 19.7 Å². The molecule has 2 atom stereocenters. The van der Waals surface area contributed by atoms with Gasteiger partial charge >= 0.3 is 0 Å². The Labute approximate surface area is 168 Å². The molecule has 2 bridgehead atoms. The zero-order valence-corrected chi connectivity index (χ0v) is 15.7. The van der Waals surface area contributed by atoms with Gasteiger partial charge in [-0.2, -0.15) is 0 Å². The van der Waals surface area contributed by atoms with Crippen molar-refractivity contribution >= 4 is 28.3 Å². The topological polar surface area (TPSA) is 93.4 Å². The molecule has 0 radical (unpaired) electrons. The van der Waals surface area contributed by atoms with E-state index in [0.29, 0.717) is 11.1 Å². The van der Waals surface area contributed by atoms with Gasteiger partial charge < -0.3 is 0 Å². The van der Waals surface area contributed by atoms with Gasteiger partial charge in [-0.3, -0.25) is 19.7 Å². The first-order valence-electron chi connectivity index (χ1n) is 9.19. The Bertz CT molecular complexity index is 1170. The van der Waals surface area contributed by atoms with Crippen molar-refractivity contribution in [3.63, 3.8) is 0 Å². The zero-order chi connectivity index (χ0) is 19.9. The second kappa shape index (κ2) is 5.36. The molecule has 8 heteroatoms. The number of thiazole rings is 1. The molecule has 1 aromatic heterocycles. The second-order valence-electron chi connectivity index (χ2n) is 7.51. The molecule has 7 rings (SSSR count). The summed E-state index contributed by atoms with van der Waals surface area (Å²) < 4.78 is 0. The van der Waals surface area contributed by atoms with Crippen LogP contribution in [-0.2, 0) is 15.1 Å². The molecule has 7 nitrogen and oxygen atoms in total. The van der Waals surface area contributed by atoms with E-state index in [0.717, 1.165) is 16.0 Å². The minimum absolute atomic E-state index is 0.264. The number of anilines is 1. The van der Waals surface area contributed by atoms with Gasteiger partial charge in [-0.15, -0.1) is 11.3 Å². The first-order valence-corrected chi connectivity index (χ1v) is 10.1. The predicted molar refractivity (Wildman–Crippen MR) is 104 cm³/mol. The van der Waals surface area contributed by atoms with Crippen LogP contribution in [0.5, 0.6) is 0 Å². The highest BCUT2D eigenvalue weighted by Crippen LogP contribution is 2.64. The lowest BCUT2D eigenvalue weighted by Crippen LogP contribution is -2.57. The second-order valence-corrected chi connectivity index (χ2v) is 8.38. The Kier molecular flexibility index (Phi) is 3.06. The molecule has 1 fully saturated rings. The third-order valence-electron chi connectivity index (χ3n) is 6.47. The molecule has 3 aromatic rings. The third kappa shape index (κ3) is 1.72. The molecular formula is C21H13N3O4S. The van der Waals surface area contributed by atoms with Crippen molar-refractivity contribution in [1.82, 2.24) is 4.98 Å². The fraction of sp³-hybridized carbons (Fsp3) is 0.190. The molecule has 2 heterocycles. The van der Waals surface area contributed by atoms with E-state index in [1.807, 2.05) is 24.3 Å². The van der Waals surface area contributed by atoms with Crippen LogP contribution in [-0.4, -0.2) is 21.7 Å². The van der Waals surface area contributed by atoms with Crippen molar-refractivity contribution in [3.05, 3.63) is 92.5 Å². The Hall–Kier alpha value is -3.39. The normalized spacial score (nSPS) is 28.8. The molecule has 1 aliphatic heterocycles. The van der Waals surface area contributed by atoms with E-state index in [2.05, 4.69) is 4.98 Å². The van der Waals surface area contributed by atoms with Crippen molar-refractivity contribution in [3.8, 4) is 0 Å². The van der Waals surface area contributed by atoms with Crippen LogP contribution in [0.15, 0.2) is 60.1 Å². The van der Waals surface area contributed by atoms with Gasteiger partial charge in [-0.05, 0) is 11.1 Å². The van der Waals surface area contributed by atoms with Crippen LogP contribution < -0.4 is 4.90 Å². The van der Waals surface area contributed by atoms with Crippen molar-refractivity contribution in [2.45, 2.75) is 11.5 Å². The molecule has 0 N–H and O–H groups in total. The van der Waals surface area contributed by atoms with Crippen LogP contribution in [0.2, 0.25) is 0 Å². The highest BCUT2D eigenvalue weighted by atomic mass is 32.1. The number of benzene rings is 2. The predicted octanol–water partition coefficient (Wildman–Crippen LogP) is 2.93. The fourth-order valence-corrected chi connectivity index (χ4v) is 6.21. The van der Waals surface area contributed by atoms with Gasteiger partial charge in [0, 0.05) is 33.5 Å². The summed E-state index contributed by atoms with van der Waals surface area (Å²) in [5.74, 6) is -3.25. The molecule has 2 amide bonds. The van der Waals surface area contributed by atoms with E-state index >= 15 is 0 Å². The van der Waals surface area contributed by atoms with Crippen LogP contribution in [0.1, 0.15) is 28.2 Å². The van der Waals surface area contributed by atoms with Gasteiger partial charge in [-0.1, -0.05) is 48.5 Å². The number of carbonyl (C=O) groups is 2. The van der Waals surface area contributed by atoms with E-state index in [-0.39, 0.29) is 10.1 Å². The van der Waals surface area contributed by atoms with Crippen LogP contribution in [0, 0.1) is 22.0 Å². The average Bonchev–Trinajstić information content (AvgIpc) is 3.35. The minimum Gasteiger partial charge on any atom is -0.274 e. The highest BCUT2D eigenvalue weighted by Gasteiger charge is 2.75. The smallest absolute Gasteiger partial charge is 0.274 e. The standard InChI is InChI=1S/C21H13N3O4S/c25-18-16-15-11-5-1-3-7-13(11)21(24(27)28,14-8-4-2-6-12(14)15)17(16)19(26)23(18)20-22-9-10-29-20/h1-10,15-17H/t15?,16-,17-,21?/m1/s1. The Morgan fingerprint density at radius 1 is 1.00 bits per heavy atom. The Morgan fingerprint density at radius 2 is 1.62 bits per heavy atom. The lowest BCUT2D eigenvalue weighted by atomic mass is 9.51. The zero-order valence-electron chi connectivity index (χ0n) is 14.9. The van der Waals surface area contributed by atoms with Crippen LogP contribution in [0.25, 0.3) is 0 Å². The lowest BCUT2D eigenvalue weighted by Gasteiger charge is -2.48.